The first-order chi connectivity index (χ1) is 9.45. The molecule has 0 aliphatic heterocycles. The smallest absolute Gasteiger partial charge is 0.328 e. The Kier molecular flexibility index (Phi) is 4.04. The molecule has 0 spiro atoms. The van der Waals surface area contributed by atoms with Crippen molar-refractivity contribution in [1.29, 1.82) is 0 Å². The van der Waals surface area contributed by atoms with Gasteiger partial charge in [0.2, 0.25) is 5.91 Å². The van der Waals surface area contributed by atoms with Gasteiger partial charge >= 0.3 is 5.69 Å². The summed E-state index contributed by atoms with van der Waals surface area (Å²) in [6.07, 6.45) is 1.14. The number of H-pyrrole nitrogens is 1. The number of nitrogens with two attached hydrogens (primary N) is 1. The predicted molar refractivity (Wildman–Crippen MR) is 78.5 cm³/mol. The van der Waals surface area contributed by atoms with E-state index in [9.17, 15) is 14.4 Å². The standard InChI is InChI=1S/C12H11BrN4O3/c13-7-1-3-8(4-2-7)15-10(18)6-17-5-9(14)11(19)16-12(17)20/h1-5H,6,14H2,(H,15,18)(H,16,19,20). The fraction of sp³-hybridized carbons (Fsp3) is 0.0833. The molecule has 20 heavy (non-hydrogen) atoms. The van der Waals surface area contributed by atoms with E-state index in [0.29, 0.717) is 5.69 Å². The zero-order valence-corrected chi connectivity index (χ0v) is 11.8. The normalized spacial score (nSPS) is 10.2. The average Bonchev–Trinajstić information content (AvgIpc) is 2.39. The summed E-state index contributed by atoms with van der Waals surface area (Å²) >= 11 is 3.28. The Morgan fingerprint density at radius 1 is 1.30 bits per heavy atom. The van der Waals surface area contributed by atoms with Crippen molar-refractivity contribution in [3.8, 4) is 0 Å². The third-order valence-electron chi connectivity index (χ3n) is 2.48. The highest BCUT2D eigenvalue weighted by Crippen LogP contribution is 2.13. The fourth-order valence-corrected chi connectivity index (χ4v) is 1.80. The van der Waals surface area contributed by atoms with Gasteiger partial charge in [-0.05, 0) is 24.3 Å². The molecule has 0 saturated carbocycles. The molecule has 7 nitrogen and oxygen atoms in total. The van der Waals surface area contributed by atoms with Crippen molar-refractivity contribution in [2.24, 2.45) is 0 Å². The third kappa shape index (κ3) is 3.35. The van der Waals surface area contributed by atoms with Crippen molar-refractivity contribution in [3.05, 3.63) is 55.8 Å². The number of nitrogen functional groups attached to an aromatic ring is 1. The highest BCUT2D eigenvalue weighted by Gasteiger charge is 2.07. The third-order valence-corrected chi connectivity index (χ3v) is 3.01. The molecular weight excluding hydrogens is 328 g/mol. The average molecular weight is 339 g/mol. The number of hydrogen-bond acceptors (Lipinski definition) is 4. The fourth-order valence-electron chi connectivity index (χ4n) is 1.53. The first-order valence-electron chi connectivity index (χ1n) is 5.60. The molecule has 104 valence electrons. The summed E-state index contributed by atoms with van der Waals surface area (Å²) in [7, 11) is 0. The molecule has 0 bridgehead atoms. The minimum atomic E-state index is -0.685. The number of anilines is 2. The van der Waals surface area contributed by atoms with Crippen molar-refractivity contribution in [1.82, 2.24) is 9.55 Å². The van der Waals surface area contributed by atoms with Gasteiger partial charge in [-0.3, -0.25) is 19.1 Å². The molecule has 2 aromatic rings. The number of halogens is 1. The molecule has 1 aromatic heterocycles. The molecule has 0 fully saturated rings. The SMILES string of the molecule is Nc1cn(CC(=O)Nc2ccc(Br)cc2)c(=O)[nH]c1=O. The van der Waals surface area contributed by atoms with E-state index in [0.717, 1.165) is 15.2 Å². The molecule has 8 heteroatoms. The second kappa shape index (κ2) is 5.74. The van der Waals surface area contributed by atoms with Crippen LogP contribution < -0.4 is 22.3 Å². The Bertz CT molecular complexity index is 749. The lowest BCUT2D eigenvalue weighted by Crippen LogP contribution is -2.34. The van der Waals surface area contributed by atoms with E-state index in [4.69, 9.17) is 5.73 Å². The number of rotatable bonds is 3. The van der Waals surface area contributed by atoms with E-state index in [1.54, 1.807) is 24.3 Å². The molecule has 1 amide bonds. The largest absolute Gasteiger partial charge is 0.393 e. The van der Waals surface area contributed by atoms with E-state index >= 15 is 0 Å². The van der Waals surface area contributed by atoms with Gasteiger partial charge in [0, 0.05) is 16.4 Å². The molecular formula is C12H11BrN4O3. The van der Waals surface area contributed by atoms with Gasteiger partial charge in [-0.1, -0.05) is 15.9 Å². The summed E-state index contributed by atoms with van der Waals surface area (Å²) < 4.78 is 1.92. The molecule has 1 aromatic carbocycles. The number of amides is 1. The highest BCUT2D eigenvalue weighted by molar-refractivity contribution is 9.10. The number of nitrogens with zero attached hydrogens (tertiary/aromatic N) is 1. The van der Waals surface area contributed by atoms with Gasteiger partial charge < -0.3 is 11.1 Å². The molecule has 0 saturated heterocycles. The summed E-state index contributed by atoms with van der Waals surface area (Å²) in [4.78, 5) is 36.4. The van der Waals surface area contributed by atoms with E-state index in [1.165, 1.54) is 0 Å². The number of benzene rings is 1. The van der Waals surface area contributed by atoms with Crippen LogP contribution in [-0.4, -0.2) is 15.5 Å². The Labute approximate surface area is 121 Å². The molecule has 2 rings (SSSR count). The van der Waals surface area contributed by atoms with Crippen molar-refractivity contribution in [2.45, 2.75) is 6.54 Å². The lowest BCUT2D eigenvalue weighted by atomic mass is 10.3. The van der Waals surface area contributed by atoms with Crippen LogP contribution in [0.1, 0.15) is 0 Å². The van der Waals surface area contributed by atoms with Crippen LogP contribution in [0.2, 0.25) is 0 Å². The number of carbonyl (C=O) groups is 1. The van der Waals surface area contributed by atoms with E-state index in [2.05, 4.69) is 21.2 Å². The summed E-state index contributed by atoms with van der Waals surface area (Å²) in [5, 5.41) is 2.63. The molecule has 1 heterocycles. The van der Waals surface area contributed by atoms with Gasteiger partial charge in [0.25, 0.3) is 5.56 Å². The Hall–Kier alpha value is -2.35. The van der Waals surface area contributed by atoms with Crippen molar-refractivity contribution in [3.63, 3.8) is 0 Å². The predicted octanol–water partition coefficient (Wildman–Crippen LogP) is 0.520. The van der Waals surface area contributed by atoms with Crippen LogP contribution in [0.3, 0.4) is 0 Å². The number of nitrogens with one attached hydrogen (secondary N) is 2. The summed E-state index contributed by atoms with van der Waals surface area (Å²) in [6, 6.07) is 6.98. The summed E-state index contributed by atoms with van der Waals surface area (Å²) in [5.41, 5.74) is 4.52. The van der Waals surface area contributed by atoms with Crippen LogP contribution in [-0.2, 0) is 11.3 Å². The molecule has 0 radical (unpaired) electrons. The van der Waals surface area contributed by atoms with Gasteiger partial charge in [0.1, 0.15) is 12.2 Å². The van der Waals surface area contributed by atoms with Crippen LogP contribution in [0, 0.1) is 0 Å². The minimum absolute atomic E-state index is 0.124. The van der Waals surface area contributed by atoms with Crippen molar-refractivity contribution >= 4 is 33.2 Å². The molecule has 0 atom stereocenters. The van der Waals surface area contributed by atoms with Crippen LogP contribution >= 0.6 is 15.9 Å². The van der Waals surface area contributed by atoms with Crippen LogP contribution in [0.25, 0.3) is 0 Å². The summed E-state index contributed by atoms with van der Waals surface area (Å²) in [5.74, 6) is -0.402. The van der Waals surface area contributed by atoms with Gasteiger partial charge in [-0.15, -0.1) is 0 Å². The van der Waals surface area contributed by atoms with Gasteiger partial charge in [-0.2, -0.15) is 0 Å². The first kappa shape index (κ1) is 14.1. The molecule has 0 aliphatic carbocycles. The van der Waals surface area contributed by atoms with E-state index < -0.39 is 17.2 Å². The van der Waals surface area contributed by atoms with Gasteiger partial charge in [0.15, 0.2) is 0 Å². The summed E-state index contributed by atoms with van der Waals surface area (Å²) in [6.45, 7) is -0.240. The maximum Gasteiger partial charge on any atom is 0.328 e. The second-order valence-corrected chi connectivity index (χ2v) is 4.94. The maximum atomic E-state index is 11.8. The first-order valence-corrected chi connectivity index (χ1v) is 6.39. The highest BCUT2D eigenvalue weighted by atomic mass is 79.9. The monoisotopic (exact) mass is 338 g/mol. The second-order valence-electron chi connectivity index (χ2n) is 4.03. The van der Waals surface area contributed by atoms with Crippen molar-refractivity contribution in [2.75, 3.05) is 11.1 Å². The molecule has 0 aliphatic rings. The van der Waals surface area contributed by atoms with E-state index in [1.807, 2.05) is 4.98 Å². The Balaban J connectivity index is 2.12. The topological polar surface area (TPSA) is 110 Å². The van der Waals surface area contributed by atoms with Gasteiger partial charge in [0.05, 0.1) is 0 Å². The van der Waals surface area contributed by atoms with Crippen molar-refractivity contribution < 1.29 is 4.79 Å². The number of aromatic amines is 1. The molecule has 4 N–H and O–H groups in total. The van der Waals surface area contributed by atoms with Gasteiger partial charge in [-0.25, -0.2) is 4.79 Å². The Morgan fingerprint density at radius 2 is 1.95 bits per heavy atom. The minimum Gasteiger partial charge on any atom is -0.393 e. The number of hydrogen-bond donors (Lipinski definition) is 3. The lowest BCUT2D eigenvalue weighted by molar-refractivity contribution is -0.116. The van der Waals surface area contributed by atoms with Crippen LogP contribution in [0.5, 0.6) is 0 Å². The zero-order valence-electron chi connectivity index (χ0n) is 10.2. The van der Waals surface area contributed by atoms with E-state index in [-0.39, 0.29) is 12.2 Å². The zero-order chi connectivity index (χ0) is 14.7. The quantitative estimate of drug-likeness (QED) is 0.757. The van der Waals surface area contributed by atoms with Crippen LogP contribution in [0.15, 0.2) is 44.5 Å². The Morgan fingerprint density at radius 3 is 2.60 bits per heavy atom. The number of aromatic nitrogens is 2. The number of carbonyl (C=O) groups excluding carboxylic acids is 1. The lowest BCUT2D eigenvalue weighted by Gasteiger charge is -2.07. The van der Waals surface area contributed by atoms with Crippen LogP contribution in [0.4, 0.5) is 11.4 Å². The maximum absolute atomic E-state index is 11.8. The molecule has 0 unspecified atom stereocenters.